The van der Waals surface area contributed by atoms with Gasteiger partial charge in [0.1, 0.15) is 17.9 Å². The number of rotatable bonds is 8. The normalized spacial score (nSPS) is 17.5. The molecular formula is C25H27N5O5. The van der Waals surface area contributed by atoms with E-state index in [4.69, 9.17) is 9.47 Å². The number of carbonyl (C=O) groups excluding carboxylic acids is 2. The van der Waals surface area contributed by atoms with E-state index in [9.17, 15) is 14.4 Å². The molecule has 10 heteroatoms. The monoisotopic (exact) mass is 477 g/mol. The summed E-state index contributed by atoms with van der Waals surface area (Å²) in [5.41, 5.74) is 2.59. The Morgan fingerprint density at radius 1 is 1.17 bits per heavy atom. The van der Waals surface area contributed by atoms with Gasteiger partial charge in [-0.15, -0.1) is 0 Å². The fourth-order valence-electron chi connectivity index (χ4n) is 4.58. The number of methoxy groups -OCH3 is 1. The summed E-state index contributed by atoms with van der Waals surface area (Å²) in [6, 6.07) is 9.14. The highest BCUT2D eigenvalue weighted by atomic mass is 16.5. The molecule has 10 nitrogen and oxygen atoms in total. The number of ketones is 1. The van der Waals surface area contributed by atoms with Crippen LogP contribution < -0.4 is 25.2 Å². The maximum Gasteiger partial charge on any atom is 0.270 e. The number of hydrogen-bond donors (Lipinski definition) is 1. The van der Waals surface area contributed by atoms with E-state index in [-0.39, 0.29) is 29.9 Å². The summed E-state index contributed by atoms with van der Waals surface area (Å²) in [5.74, 6) is 1.25. The lowest BCUT2D eigenvalue weighted by molar-refractivity contribution is -0.121. The predicted octanol–water partition coefficient (Wildman–Crippen LogP) is 1.48. The van der Waals surface area contributed by atoms with Gasteiger partial charge < -0.3 is 19.7 Å². The van der Waals surface area contributed by atoms with Crippen molar-refractivity contribution in [1.82, 2.24) is 19.9 Å². The topological polar surface area (TPSA) is 116 Å². The fraction of sp³-hybridized carbons (Fsp3) is 0.400. The number of pyridine rings is 1. The molecule has 0 radical (unpaired) electrons. The SMILES string of the molecule is COc1ccc2ncc(=O)n(CCCCNC3CC(=O)N(c4ccc5c(c4)CC(=O)CO5)C3)c2n1. The molecule has 35 heavy (non-hydrogen) atoms. The molecule has 1 atom stereocenters. The van der Waals surface area contributed by atoms with E-state index in [2.05, 4.69) is 15.3 Å². The highest BCUT2D eigenvalue weighted by Crippen LogP contribution is 2.30. The predicted molar refractivity (Wildman–Crippen MR) is 129 cm³/mol. The third kappa shape index (κ3) is 4.88. The van der Waals surface area contributed by atoms with Crippen LogP contribution in [-0.2, 0) is 22.6 Å². The van der Waals surface area contributed by atoms with Gasteiger partial charge in [-0.25, -0.2) is 4.98 Å². The van der Waals surface area contributed by atoms with Crippen LogP contribution in [0, 0.1) is 0 Å². The highest BCUT2D eigenvalue weighted by Gasteiger charge is 2.31. The van der Waals surface area contributed by atoms with Crippen LogP contribution in [0.5, 0.6) is 11.6 Å². The van der Waals surface area contributed by atoms with Gasteiger partial charge in [0.15, 0.2) is 11.4 Å². The molecule has 1 fully saturated rings. The molecule has 182 valence electrons. The molecule has 0 aliphatic carbocycles. The van der Waals surface area contributed by atoms with Crippen molar-refractivity contribution in [1.29, 1.82) is 0 Å². The molecular weight excluding hydrogens is 450 g/mol. The summed E-state index contributed by atoms with van der Waals surface area (Å²) in [6.45, 7) is 1.93. The number of hydrogen-bond acceptors (Lipinski definition) is 8. The third-order valence-electron chi connectivity index (χ3n) is 6.37. The van der Waals surface area contributed by atoms with Gasteiger partial charge in [0.05, 0.1) is 13.3 Å². The van der Waals surface area contributed by atoms with Crippen LogP contribution in [-0.4, -0.2) is 59.1 Å². The zero-order chi connectivity index (χ0) is 24.4. The second kappa shape index (κ2) is 9.83. The van der Waals surface area contributed by atoms with Gasteiger partial charge in [-0.2, -0.15) is 4.98 Å². The minimum absolute atomic E-state index is 0.0406. The minimum Gasteiger partial charge on any atom is -0.486 e. The summed E-state index contributed by atoms with van der Waals surface area (Å²) >= 11 is 0. The van der Waals surface area contributed by atoms with E-state index in [1.165, 1.54) is 13.3 Å². The van der Waals surface area contributed by atoms with E-state index in [1.54, 1.807) is 21.6 Å². The van der Waals surface area contributed by atoms with Crippen LogP contribution in [0.1, 0.15) is 24.8 Å². The van der Waals surface area contributed by atoms with Crippen molar-refractivity contribution in [3.8, 4) is 11.6 Å². The van der Waals surface area contributed by atoms with Crippen molar-refractivity contribution in [2.75, 3.05) is 31.7 Å². The Morgan fingerprint density at radius 2 is 2.06 bits per heavy atom. The maximum absolute atomic E-state index is 12.6. The van der Waals surface area contributed by atoms with Crippen LogP contribution in [0.4, 0.5) is 5.69 Å². The largest absolute Gasteiger partial charge is 0.486 e. The standard InChI is InChI=1S/C25H27N5O5/c1-34-22-7-5-20-25(28-22)29(24(33)13-27-20)9-3-2-8-26-17-12-23(32)30(14-17)18-4-6-21-16(10-18)11-19(31)15-35-21/h4-7,10,13,17,26H,2-3,8-9,11-12,14-15H2,1H3. The number of ether oxygens (including phenoxy) is 2. The maximum atomic E-state index is 12.6. The van der Waals surface area contributed by atoms with Gasteiger partial charge in [-0.1, -0.05) is 0 Å². The number of nitrogens with one attached hydrogen (secondary N) is 1. The molecule has 5 rings (SSSR count). The first kappa shape index (κ1) is 23.0. The first-order chi connectivity index (χ1) is 17.0. The molecule has 2 aromatic heterocycles. The summed E-state index contributed by atoms with van der Waals surface area (Å²) < 4.78 is 12.3. The van der Waals surface area contributed by atoms with Gasteiger partial charge >= 0.3 is 0 Å². The average Bonchev–Trinajstić information content (AvgIpc) is 3.24. The van der Waals surface area contributed by atoms with Gasteiger partial charge in [-0.05, 0) is 43.7 Å². The van der Waals surface area contributed by atoms with Crippen molar-refractivity contribution < 1.29 is 19.1 Å². The van der Waals surface area contributed by atoms with E-state index < -0.39 is 0 Å². The van der Waals surface area contributed by atoms with Crippen LogP contribution in [0.25, 0.3) is 11.2 Å². The molecule has 1 saturated heterocycles. The fourth-order valence-corrected chi connectivity index (χ4v) is 4.58. The Kier molecular flexibility index (Phi) is 6.45. The van der Waals surface area contributed by atoms with E-state index in [0.29, 0.717) is 48.7 Å². The van der Waals surface area contributed by atoms with Gasteiger partial charge in [0.2, 0.25) is 11.8 Å². The Balaban J connectivity index is 1.14. The Hall–Kier alpha value is -3.79. The second-order valence-corrected chi connectivity index (χ2v) is 8.81. The van der Waals surface area contributed by atoms with Crippen LogP contribution >= 0.6 is 0 Å². The number of nitrogens with zero attached hydrogens (tertiary/aromatic N) is 4. The van der Waals surface area contributed by atoms with Crippen molar-refractivity contribution in [2.24, 2.45) is 0 Å². The van der Waals surface area contributed by atoms with Crippen molar-refractivity contribution in [2.45, 2.75) is 38.3 Å². The minimum atomic E-state index is -0.194. The molecule has 4 heterocycles. The van der Waals surface area contributed by atoms with Gasteiger partial charge in [0.25, 0.3) is 5.56 Å². The van der Waals surface area contributed by atoms with E-state index >= 15 is 0 Å². The molecule has 0 spiro atoms. The third-order valence-corrected chi connectivity index (χ3v) is 6.37. The van der Waals surface area contributed by atoms with Gasteiger partial charge in [-0.3, -0.25) is 19.0 Å². The summed E-state index contributed by atoms with van der Waals surface area (Å²) in [6.07, 6.45) is 3.68. The molecule has 1 unspecified atom stereocenters. The Morgan fingerprint density at radius 3 is 2.91 bits per heavy atom. The number of unbranched alkanes of at least 4 members (excludes halogenated alkanes) is 1. The number of benzene rings is 1. The zero-order valence-electron chi connectivity index (χ0n) is 19.5. The van der Waals surface area contributed by atoms with Crippen LogP contribution in [0.2, 0.25) is 0 Å². The quantitative estimate of drug-likeness (QED) is 0.485. The molecule has 0 saturated carbocycles. The zero-order valence-corrected chi connectivity index (χ0v) is 19.5. The number of carbonyl (C=O) groups is 2. The number of Topliss-reactive ketones (excluding diaryl/α,β-unsaturated/α-hetero) is 1. The summed E-state index contributed by atoms with van der Waals surface area (Å²) in [7, 11) is 1.54. The number of fused-ring (bicyclic) bond motifs is 2. The van der Waals surface area contributed by atoms with E-state index in [0.717, 1.165) is 30.6 Å². The van der Waals surface area contributed by atoms with Gasteiger partial charge in [0, 0.05) is 49.3 Å². The number of aromatic nitrogens is 3. The average molecular weight is 478 g/mol. The number of anilines is 1. The van der Waals surface area contributed by atoms with E-state index in [1.807, 2.05) is 18.2 Å². The molecule has 2 aliphatic heterocycles. The highest BCUT2D eigenvalue weighted by molar-refractivity contribution is 5.96. The van der Waals surface area contributed by atoms with Crippen LogP contribution in [0.15, 0.2) is 41.3 Å². The lowest BCUT2D eigenvalue weighted by Crippen LogP contribution is -2.33. The Bertz CT molecular complexity index is 1340. The number of aryl methyl sites for hydroxylation is 1. The summed E-state index contributed by atoms with van der Waals surface area (Å²) in [5, 5.41) is 3.46. The first-order valence-electron chi connectivity index (χ1n) is 11.7. The van der Waals surface area contributed by atoms with Crippen molar-refractivity contribution >= 4 is 28.5 Å². The molecule has 0 bridgehead atoms. The lowest BCUT2D eigenvalue weighted by atomic mass is 10.0. The Labute approximate surface area is 201 Å². The molecule has 1 amide bonds. The second-order valence-electron chi connectivity index (χ2n) is 8.81. The first-order valence-corrected chi connectivity index (χ1v) is 11.7. The molecule has 3 aromatic rings. The molecule has 1 N–H and O–H groups in total. The summed E-state index contributed by atoms with van der Waals surface area (Å²) in [4.78, 5) is 47.0. The lowest BCUT2D eigenvalue weighted by Gasteiger charge is -2.21. The van der Waals surface area contributed by atoms with Crippen molar-refractivity contribution in [3.63, 3.8) is 0 Å². The van der Waals surface area contributed by atoms with Crippen LogP contribution in [0.3, 0.4) is 0 Å². The van der Waals surface area contributed by atoms with Crippen molar-refractivity contribution in [3.05, 3.63) is 52.4 Å². The molecule has 1 aromatic carbocycles. The smallest absolute Gasteiger partial charge is 0.270 e. The number of amides is 1. The molecule has 2 aliphatic rings.